The molecule has 1 amide bonds. The molecule has 1 rings (SSSR count). The fourth-order valence-corrected chi connectivity index (χ4v) is 2.74. The summed E-state index contributed by atoms with van der Waals surface area (Å²) in [6.45, 7) is 2.58. The van der Waals surface area contributed by atoms with E-state index in [1.807, 2.05) is 6.92 Å². The van der Waals surface area contributed by atoms with Crippen LogP contribution >= 0.6 is 0 Å². The molecule has 1 aromatic rings. The van der Waals surface area contributed by atoms with Crippen LogP contribution in [0.25, 0.3) is 0 Å². The van der Waals surface area contributed by atoms with Gasteiger partial charge in [-0.15, -0.1) is 0 Å². The zero-order valence-electron chi connectivity index (χ0n) is 12.3. The summed E-state index contributed by atoms with van der Waals surface area (Å²) in [5.74, 6) is -0.220. The number of anilines is 1. The quantitative estimate of drug-likeness (QED) is 0.875. The molecule has 6 nitrogen and oxygen atoms in total. The average Bonchev–Trinajstić information content (AvgIpc) is 2.36. The molecule has 1 aromatic carbocycles. The molecule has 0 saturated carbocycles. The van der Waals surface area contributed by atoms with Crippen LogP contribution in [0.2, 0.25) is 0 Å². The summed E-state index contributed by atoms with van der Waals surface area (Å²) in [7, 11) is 1.23. The molecule has 0 aliphatic carbocycles. The fraction of sp³-hybridized carbons (Fsp3) is 0.462. The monoisotopic (exact) mass is 299 g/mol. The summed E-state index contributed by atoms with van der Waals surface area (Å²) in [5.41, 5.74) is 0.776. The Bertz CT molecular complexity index is 597. The molecular formula is C13H21N3O3S. The van der Waals surface area contributed by atoms with Gasteiger partial charge in [0.15, 0.2) is 0 Å². The van der Waals surface area contributed by atoms with Gasteiger partial charge in [-0.2, -0.15) is 0 Å². The number of primary sulfonamides is 1. The number of carbonyl (C=O) groups is 1. The van der Waals surface area contributed by atoms with E-state index in [2.05, 4.69) is 0 Å². The molecule has 0 fully saturated rings. The molecule has 0 heterocycles. The van der Waals surface area contributed by atoms with Gasteiger partial charge in [-0.25, -0.2) is 13.6 Å². The van der Waals surface area contributed by atoms with Crippen LogP contribution in [0.4, 0.5) is 5.69 Å². The van der Waals surface area contributed by atoms with Crippen molar-refractivity contribution < 1.29 is 13.2 Å². The summed E-state index contributed by atoms with van der Waals surface area (Å²) in [6.07, 6.45) is 0.833. The van der Waals surface area contributed by atoms with Crippen LogP contribution in [0.15, 0.2) is 23.1 Å². The van der Waals surface area contributed by atoms with E-state index >= 15 is 0 Å². The maximum absolute atomic E-state index is 12.2. The molecule has 20 heavy (non-hydrogen) atoms. The number of benzene rings is 1. The van der Waals surface area contributed by atoms with E-state index in [1.54, 1.807) is 43.1 Å². The Balaban J connectivity index is 3.30. The normalized spacial score (nSPS) is 11.2. The van der Waals surface area contributed by atoms with E-state index in [4.69, 9.17) is 5.14 Å². The largest absolute Gasteiger partial charge is 0.377 e. The standard InChI is InChI=1S/C13H21N3O3S/c1-5-8-16(4)13(17)10-6-7-11(15(2)3)12(9-10)20(14,18)19/h6-7,9H,5,8H2,1-4H3,(H2,14,18,19). The highest BCUT2D eigenvalue weighted by Crippen LogP contribution is 2.24. The Morgan fingerprint density at radius 1 is 1.25 bits per heavy atom. The second-order valence-corrected chi connectivity index (χ2v) is 6.38. The zero-order valence-corrected chi connectivity index (χ0v) is 13.1. The van der Waals surface area contributed by atoms with Crippen molar-refractivity contribution in [3.63, 3.8) is 0 Å². The van der Waals surface area contributed by atoms with Gasteiger partial charge in [-0.1, -0.05) is 6.92 Å². The minimum absolute atomic E-state index is 0.0433. The molecular weight excluding hydrogens is 278 g/mol. The lowest BCUT2D eigenvalue weighted by Crippen LogP contribution is -2.28. The number of nitrogens with two attached hydrogens (primary N) is 1. The van der Waals surface area contributed by atoms with Gasteiger partial charge in [0, 0.05) is 33.3 Å². The molecule has 0 aromatic heterocycles. The molecule has 0 unspecified atom stereocenters. The van der Waals surface area contributed by atoms with Gasteiger partial charge in [0.25, 0.3) is 5.91 Å². The minimum atomic E-state index is -3.88. The predicted molar refractivity (Wildman–Crippen MR) is 79.4 cm³/mol. The topological polar surface area (TPSA) is 83.7 Å². The van der Waals surface area contributed by atoms with Gasteiger partial charge in [-0.05, 0) is 24.6 Å². The van der Waals surface area contributed by atoms with E-state index in [9.17, 15) is 13.2 Å². The Hall–Kier alpha value is -1.60. The molecule has 0 radical (unpaired) electrons. The smallest absolute Gasteiger partial charge is 0.253 e. The lowest BCUT2D eigenvalue weighted by molar-refractivity contribution is 0.0795. The lowest BCUT2D eigenvalue weighted by atomic mass is 10.1. The third-order valence-electron chi connectivity index (χ3n) is 2.90. The first kappa shape index (κ1) is 16.5. The van der Waals surface area contributed by atoms with Gasteiger partial charge in [0.05, 0.1) is 5.69 Å². The number of carbonyl (C=O) groups excluding carboxylic acids is 1. The van der Waals surface area contributed by atoms with Gasteiger partial charge < -0.3 is 9.80 Å². The van der Waals surface area contributed by atoms with Crippen molar-refractivity contribution in [3.05, 3.63) is 23.8 Å². The maximum Gasteiger partial charge on any atom is 0.253 e. The van der Waals surface area contributed by atoms with Crippen LogP contribution in [0.3, 0.4) is 0 Å². The fourth-order valence-electron chi connectivity index (χ4n) is 1.90. The van der Waals surface area contributed by atoms with Crippen LogP contribution in [0, 0.1) is 0 Å². The van der Waals surface area contributed by atoms with Crippen LogP contribution in [0.5, 0.6) is 0 Å². The van der Waals surface area contributed by atoms with Crippen molar-refractivity contribution in [2.24, 2.45) is 5.14 Å². The SMILES string of the molecule is CCCN(C)C(=O)c1ccc(N(C)C)c(S(N)(=O)=O)c1. The van der Waals surface area contributed by atoms with E-state index in [0.717, 1.165) is 6.42 Å². The van der Waals surface area contributed by atoms with Gasteiger partial charge in [0.2, 0.25) is 10.0 Å². The van der Waals surface area contributed by atoms with Crippen molar-refractivity contribution in [1.29, 1.82) is 0 Å². The molecule has 0 aliphatic rings. The highest BCUT2D eigenvalue weighted by atomic mass is 32.2. The number of nitrogens with zero attached hydrogens (tertiary/aromatic N) is 2. The van der Waals surface area contributed by atoms with Crippen molar-refractivity contribution in [2.45, 2.75) is 18.2 Å². The van der Waals surface area contributed by atoms with Crippen molar-refractivity contribution in [3.8, 4) is 0 Å². The lowest BCUT2D eigenvalue weighted by Gasteiger charge is -2.19. The number of rotatable bonds is 5. The van der Waals surface area contributed by atoms with E-state index in [-0.39, 0.29) is 10.8 Å². The van der Waals surface area contributed by atoms with Crippen LogP contribution < -0.4 is 10.0 Å². The molecule has 112 valence electrons. The first-order chi connectivity index (χ1) is 9.18. The summed E-state index contributed by atoms with van der Waals surface area (Å²) in [4.78, 5) is 15.3. The number of sulfonamides is 1. The van der Waals surface area contributed by atoms with E-state index < -0.39 is 10.0 Å². The molecule has 7 heteroatoms. The second-order valence-electron chi connectivity index (χ2n) is 4.85. The van der Waals surface area contributed by atoms with Crippen molar-refractivity contribution >= 4 is 21.6 Å². The Labute approximate surface area is 120 Å². The van der Waals surface area contributed by atoms with Crippen LogP contribution in [-0.4, -0.2) is 46.9 Å². The molecule has 0 bridgehead atoms. The number of hydrogen-bond acceptors (Lipinski definition) is 4. The number of amides is 1. The summed E-state index contributed by atoms with van der Waals surface area (Å²) >= 11 is 0. The van der Waals surface area contributed by atoms with Gasteiger partial charge >= 0.3 is 0 Å². The first-order valence-electron chi connectivity index (χ1n) is 6.28. The third-order valence-corrected chi connectivity index (χ3v) is 3.84. The van der Waals surface area contributed by atoms with Crippen molar-refractivity contribution in [1.82, 2.24) is 4.90 Å². The average molecular weight is 299 g/mol. The zero-order chi connectivity index (χ0) is 15.5. The Morgan fingerprint density at radius 3 is 2.30 bits per heavy atom. The Morgan fingerprint density at radius 2 is 1.85 bits per heavy atom. The van der Waals surface area contributed by atoms with Crippen LogP contribution in [0.1, 0.15) is 23.7 Å². The molecule has 0 aliphatic heterocycles. The van der Waals surface area contributed by atoms with Crippen molar-refractivity contribution in [2.75, 3.05) is 32.6 Å². The second kappa shape index (κ2) is 6.23. The maximum atomic E-state index is 12.2. The highest BCUT2D eigenvalue weighted by molar-refractivity contribution is 7.89. The molecule has 0 saturated heterocycles. The Kier molecular flexibility index (Phi) is 5.13. The van der Waals surface area contributed by atoms with Gasteiger partial charge in [-0.3, -0.25) is 4.79 Å². The third kappa shape index (κ3) is 3.71. The minimum Gasteiger partial charge on any atom is -0.377 e. The first-order valence-corrected chi connectivity index (χ1v) is 7.82. The summed E-state index contributed by atoms with van der Waals surface area (Å²) in [5, 5.41) is 5.22. The van der Waals surface area contributed by atoms with E-state index in [1.165, 1.54) is 6.07 Å². The highest BCUT2D eigenvalue weighted by Gasteiger charge is 2.19. The molecule has 2 N–H and O–H groups in total. The van der Waals surface area contributed by atoms with Crippen LogP contribution in [-0.2, 0) is 10.0 Å². The van der Waals surface area contributed by atoms with E-state index in [0.29, 0.717) is 17.8 Å². The summed E-state index contributed by atoms with van der Waals surface area (Å²) < 4.78 is 23.3. The van der Waals surface area contributed by atoms with Gasteiger partial charge in [0.1, 0.15) is 4.90 Å². The predicted octanol–water partition coefficient (Wildman–Crippen LogP) is 0.882. The summed E-state index contributed by atoms with van der Waals surface area (Å²) in [6, 6.07) is 4.53. The molecule has 0 spiro atoms. The number of hydrogen-bond donors (Lipinski definition) is 1. The molecule has 0 atom stereocenters.